The van der Waals surface area contributed by atoms with Gasteiger partial charge in [0.25, 0.3) is 0 Å². The summed E-state index contributed by atoms with van der Waals surface area (Å²) in [5.74, 6) is -1.64. The van der Waals surface area contributed by atoms with Gasteiger partial charge in [-0.05, 0) is 62.4 Å². The third-order valence-corrected chi connectivity index (χ3v) is 8.60. The summed E-state index contributed by atoms with van der Waals surface area (Å²) >= 11 is 0. The first-order valence-corrected chi connectivity index (χ1v) is 14.2. The number of ketones is 2. The molecule has 1 heterocycles. The smallest absolute Gasteiger partial charge is 0.339 e. The molecule has 1 aliphatic heterocycles. The Kier molecular flexibility index (Phi) is 6.96. The van der Waals surface area contributed by atoms with Crippen LogP contribution in [0.25, 0.3) is 0 Å². The molecule has 8 nitrogen and oxygen atoms in total. The summed E-state index contributed by atoms with van der Waals surface area (Å²) in [6.07, 6.45) is 3.11. The molecule has 2 aliphatic carbocycles. The minimum Gasteiger partial charge on any atom is -0.481 e. The van der Waals surface area contributed by atoms with Crippen LogP contribution in [0, 0.1) is 6.92 Å². The average Bonchev–Trinajstić information content (AvgIpc) is 2.87. The van der Waals surface area contributed by atoms with Crippen molar-refractivity contribution in [2.45, 2.75) is 62.7 Å². The number of aliphatic carboxylic acids is 1. The lowest BCUT2D eigenvalue weighted by atomic mass is 9.71. The number of carbonyl (C=O) groups excluding carboxylic acids is 2. The van der Waals surface area contributed by atoms with Crippen LogP contribution in [0.15, 0.2) is 76.0 Å². The number of carboxylic acid groups (broad SMARTS) is 1. The van der Waals surface area contributed by atoms with Gasteiger partial charge in [0, 0.05) is 47.8 Å². The van der Waals surface area contributed by atoms with E-state index in [9.17, 15) is 27.9 Å². The largest absolute Gasteiger partial charge is 0.481 e. The van der Waals surface area contributed by atoms with Crippen molar-refractivity contribution in [3.05, 3.63) is 82.2 Å². The van der Waals surface area contributed by atoms with Crippen molar-refractivity contribution in [3.63, 3.8) is 0 Å². The zero-order valence-corrected chi connectivity index (χ0v) is 21.9. The molecule has 0 radical (unpaired) electrons. The van der Waals surface area contributed by atoms with Gasteiger partial charge in [0.05, 0.1) is 6.42 Å². The van der Waals surface area contributed by atoms with Gasteiger partial charge in [-0.3, -0.25) is 14.4 Å². The molecule has 0 atom stereocenters. The SMILES string of the molecule is Cc1ccc(S(=O)(=O)Oc2cccc(C3C4=C(CCCC4=O)N(CCC(=O)O)C4=C3C(=O)CCC4)c2)cc1. The van der Waals surface area contributed by atoms with Crippen molar-refractivity contribution >= 4 is 27.7 Å². The van der Waals surface area contributed by atoms with E-state index in [-0.39, 0.29) is 35.2 Å². The number of nitrogens with zero attached hydrogens (tertiary/aromatic N) is 1. The lowest BCUT2D eigenvalue weighted by Crippen LogP contribution is -2.39. The lowest BCUT2D eigenvalue weighted by molar-refractivity contribution is -0.137. The van der Waals surface area contributed by atoms with Gasteiger partial charge >= 0.3 is 16.1 Å². The Morgan fingerprint density at radius 1 is 0.947 bits per heavy atom. The Labute approximate surface area is 221 Å². The minimum atomic E-state index is -4.09. The Hall–Kier alpha value is -3.72. The highest BCUT2D eigenvalue weighted by Crippen LogP contribution is 2.49. The van der Waals surface area contributed by atoms with Gasteiger partial charge in [-0.1, -0.05) is 29.8 Å². The van der Waals surface area contributed by atoms with Crippen molar-refractivity contribution in [1.29, 1.82) is 0 Å². The molecule has 5 rings (SSSR count). The van der Waals surface area contributed by atoms with E-state index >= 15 is 0 Å². The molecule has 9 heteroatoms. The second-order valence-electron chi connectivity index (χ2n) is 9.93. The number of hydrogen-bond acceptors (Lipinski definition) is 7. The zero-order chi connectivity index (χ0) is 27.0. The van der Waals surface area contributed by atoms with Crippen LogP contribution in [0.5, 0.6) is 5.75 Å². The molecule has 0 saturated carbocycles. The number of hydrogen-bond donors (Lipinski definition) is 1. The quantitative estimate of drug-likeness (QED) is 0.509. The van der Waals surface area contributed by atoms with Crippen LogP contribution in [-0.2, 0) is 24.5 Å². The Balaban J connectivity index is 1.59. The van der Waals surface area contributed by atoms with E-state index in [1.165, 1.54) is 18.2 Å². The first-order chi connectivity index (χ1) is 18.2. The fraction of sp³-hybridized carbons (Fsp3) is 0.345. The molecule has 38 heavy (non-hydrogen) atoms. The molecule has 0 fully saturated rings. The number of carbonyl (C=O) groups is 3. The van der Waals surface area contributed by atoms with Gasteiger partial charge in [-0.2, -0.15) is 8.42 Å². The van der Waals surface area contributed by atoms with E-state index in [1.54, 1.807) is 30.3 Å². The summed E-state index contributed by atoms with van der Waals surface area (Å²) in [6.45, 7) is 2.05. The monoisotopic (exact) mass is 535 g/mol. The highest BCUT2D eigenvalue weighted by molar-refractivity contribution is 7.87. The highest BCUT2D eigenvalue weighted by Gasteiger charge is 2.43. The summed E-state index contributed by atoms with van der Waals surface area (Å²) in [5, 5.41) is 9.33. The number of rotatable bonds is 7. The fourth-order valence-corrected chi connectivity index (χ4v) is 6.58. The summed E-state index contributed by atoms with van der Waals surface area (Å²) < 4.78 is 31.3. The van der Waals surface area contributed by atoms with Crippen molar-refractivity contribution in [2.75, 3.05) is 6.54 Å². The van der Waals surface area contributed by atoms with Gasteiger partial charge in [0.1, 0.15) is 10.6 Å². The third-order valence-electron chi connectivity index (χ3n) is 7.34. The topological polar surface area (TPSA) is 118 Å². The maximum Gasteiger partial charge on any atom is 0.339 e. The van der Waals surface area contributed by atoms with Crippen LogP contribution < -0.4 is 4.18 Å². The lowest BCUT2D eigenvalue weighted by Gasteiger charge is -2.44. The normalized spacial score (nSPS) is 18.4. The second-order valence-corrected chi connectivity index (χ2v) is 11.5. The third kappa shape index (κ3) is 4.90. The summed E-state index contributed by atoms with van der Waals surface area (Å²) in [7, 11) is -4.09. The van der Waals surface area contributed by atoms with Crippen LogP contribution in [0.4, 0.5) is 0 Å². The standard InChI is InChI=1S/C29H29NO7S/c1-18-11-13-21(14-12-18)38(35,36)37-20-6-2-5-19(17-20)27-28-22(7-3-9-24(28)31)30(16-15-26(33)34)23-8-4-10-25(32)29(23)27/h2,5-6,11-14,17,27H,3-4,7-10,15-16H2,1H3,(H,33,34). The van der Waals surface area contributed by atoms with Crippen LogP contribution in [0.2, 0.25) is 0 Å². The number of aryl methyl sites for hydroxylation is 1. The van der Waals surface area contributed by atoms with Crippen molar-refractivity contribution < 1.29 is 32.1 Å². The molecule has 0 unspecified atom stereocenters. The molecule has 0 spiro atoms. The zero-order valence-electron chi connectivity index (χ0n) is 21.1. The molecule has 0 bridgehead atoms. The molecule has 0 saturated heterocycles. The Morgan fingerprint density at radius 3 is 2.13 bits per heavy atom. The molecule has 0 amide bonds. The predicted octanol–water partition coefficient (Wildman–Crippen LogP) is 4.65. The molecule has 2 aromatic carbocycles. The van der Waals surface area contributed by atoms with Gasteiger partial charge in [-0.15, -0.1) is 0 Å². The Bertz CT molecular complexity index is 1440. The van der Waals surface area contributed by atoms with Crippen LogP contribution in [0.1, 0.15) is 62.0 Å². The average molecular weight is 536 g/mol. The number of Topliss-reactive ketones (excluding diaryl/α,β-unsaturated/α-hetero) is 2. The first-order valence-electron chi connectivity index (χ1n) is 12.8. The number of carboxylic acids is 1. The minimum absolute atomic E-state index is 0.0279. The van der Waals surface area contributed by atoms with E-state index in [0.29, 0.717) is 55.2 Å². The van der Waals surface area contributed by atoms with Gasteiger partial charge in [-0.25, -0.2) is 0 Å². The first kappa shape index (κ1) is 25.9. The van der Waals surface area contributed by atoms with Crippen LogP contribution in [-0.4, -0.2) is 42.5 Å². The van der Waals surface area contributed by atoms with E-state index in [0.717, 1.165) is 17.0 Å². The highest BCUT2D eigenvalue weighted by atomic mass is 32.2. The van der Waals surface area contributed by atoms with Gasteiger partial charge in [0.15, 0.2) is 11.6 Å². The van der Waals surface area contributed by atoms with E-state index in [2.05, 4.69) is 0 Å². The molecule has 3 aliphatic rings. The summed E-state index contributed by atoms with van der Waals surface area (Å²) in [6, 6.07) is 12.9. The molecule has 0 aromatic heterocycles. The van der Waals surface area contributed by atoms with Crippen molar-refractivity contribution in [1.82, 2.24) is 4.90 Å². The van der Waals surface area contributed by atoms with Crippen molar-refractivity contribution in [2.24, 2.45) is 0 Å². The number of allylic oxidation sites excluding steroid dienone is 4. The summed E-state index contributed by atoms with van der Waals surface area (Å²) in [5.41, 5.74) is 4.09. The van der Waals surface area contributed by atoms with Gasteiger partial charge < -0.3 is 14.2 Å². The predicted molar refractivity (Wildman–Crippen MR) is 139 cm³/mol. The van der Waals surface area contributed by atoms with Crippen LogP contribution >= 0.6 is 0 Å². The summed E-state index contributed by atoms with van der Waals surface area (Å²) in [4.78, 5) is 40.0. The van der Waals surface area contributed by atoms with Crippen LogP contribution in [0.3, 0.4) is 0 Å². The fourth-order valence-electron chi connectivity index (χ4n) is 5.65. The van der Waals surface area contributed by atoms with Gasteiger partial charge in [0.2, 0.25) is 0 Å². The van der Waals surface area contributed by atoms with Crippen molar-refractivity contribution in [3.8, 4) is 5.75 Å². The molecular weight excluding hydrogens is 506 g/mol. The van der Waals surface area contributed by atoms with E-state index in [1.807, 2.05) is 11.8 Å². The molecule has 2 aromatic rings. The van der Waals surface area contributed by atoms with E-state index < -0.39 is 22.0 Å². The molecular formula is C29H29NO7S. The number of benzene rings is 2. The van der Waals surface area contributed by atoms with E-state index in [4.69, 9.17) is 4.18 Å². The molecule has 1 N–H and O–H groups in total. The Morgan fingerprint density at radius 2 is 1.55 bits per heavy atom. The maximum absolute atomic E-state index is 13.3. The molecule has 198 valence electrons. The maximum atomic E-state index is 13.3. The second kappa shape index (κ2) is 10.2.